The predicted molar refractivity (Wildman–Crippen MR) is 137 cm³/mol. The normalized spacial score (nSPS) is 12.4. The number of hydrogen-bond acceptors (Lipinski definition) is 3. The monoisotopic (exact) mass is 632 g/mol. The first-order valence-electron chi connectivity index (χ1n) is 11.4. The van der Waals surface area contributed by atoms with Gasteiger partial charge in [-0.25, -0.2) is 0 Å². The molecule has 35 heavy (non-hydrogen) atoms. The predicted octanol–water partition coefficient (Wildman–Crippen LogP) is 7.10. The van der Waals surface area contributed by atoms with E-state index in [4.69, 9.17) is 4.98 Å². The first-order chi connectivity index (χ1) is 16.6. The molecule has 2 aromatic carbocycles. The number of rotatable bonds is 2. The summed E-state index contributed by atoms with van der Waals surface area (Å²) in [4.78, 5) is 13.6. The summed E-state index contributed by atoms with van der Waals surface area (Å²) in [6, 6.07) is 34.6. The number of hydrogen-bond donors (Lipinski definition) is 0. The van der Waals surface area contributed by atoms with E-state index in [2.05, 4.69) is 54.1 Å². The average molecular weight is 632 g/mol. The topological polar surface area (TPSA) is 38.7 Å². The van der Waals surface area contributed by atoms with E-state index in [1.165, 1.54) is 16.7 Å². The van der Waals surface area contributed by atoms with Crippen LogP contribution in [0.15, 0.2) is 97.3 Å². The Hall–Kier alpha value is -3.46. The van der Waals surface area contributed by atoms with Crippen LogP contribution in [-0.2, 0) is 25.5 Å². The molecule has 0 saturated heterocycles. The Kier molecular flexibility index (Phi) is 7.35. The summed E-state index contributed by atoms with van der Waals surface area (Å²) >= 11 is 0. The average Bonchev–Trinajstić information content (AvgIpc) is 3.12. The van der Waals surface area contributed by atoms with Crippen LogP contribution in [0.4, 0.5) is 0 Å². The van der Waals surface area contributed by atoms with Gasteiger partial charge in [0.2, 0.25) is 0 Å². The van der Waals surface area contributed by atoms with Gasteiger partial charge < -0.3 is 9.97 Å². The largest absolute Gasteiger partial charge is 0.305 e. The van der Waals surface area contributed by atoms with Gasteiger partial charge in [-0.15, -0.1) is 65.2 Å². The van der Waals surface area contributed by atoms with Gasteiger partial charge in [0.05, 0.1) is 0 Å². The number of nitrogens with zero attached hydrogens (tertiary/aromatic N) is 3. The molecule has 0 fully saturated rings. The van der Waals surface area contributed by atoms with E-state index in [0.29, 0.717) is 0 Å². The molecule has 6 rings (SSSR count). The molecule has 0 bridgehead atoms. The molecular weight excluding hydrogens is 607 g/mol. The Morgan fingerprint density at radius 1 is 0.686 bits per heavy atom. The van der Waals surface area contributed by atoms with Crippen LogP contribution in [0.2, 0.25) is 0 Å². The molecule has 0 spiro atoms. The number of aryl methyl sites for hydroxylation is 1. The van der Waals surface area contributed by atoms with Gasteiger partial charge in [-0.1, -0.05) is 49.7 Å². The van der Waals surface area contributed by atoms with Crippen LogP contribution in [0.5, 0.6) is 0 Å². The zero-order valence-electron chi connectivity index (χ0n) is 19.9. The first kappa shape index (κ1) is 24.7. The molecule has 1 aliphatic rings. The molecule has 0 N–H and O–H groups in total. The van der Waals surface area contributed by atoms with Crippen molar-refractivity contribution in [1.82, 2.24) is 15.0 Å². The van der Waals surface area contributed by atoms with Crippen LogP contribution in [0.1, 0.15) is 30.8 Å². The van der Waals surface area contributed by atoms with Crippen molar-refractivity contribution < 1.29 is 20.1 Å². The Morgan fingerprint density at radius 3 is 2.06 bits per heavy atom. The number of aromatic nitrogens is 3. The Morgan fingerprint density at radius 2 is 1.40 bits per heavy atom. The second kappa shape index (κ2) is 10.4. The van der Waals surface area contributed by atoms with Crippen molar-refractivity contribution in [3.63, 3.8) is 0 Å². The van der Waals surface area contributed by atoms with E-state index in [-0.39, 0.29) is 25.5 Å². The van der Waals surface area contributed by atoms with Gasteiger partial charge in [-0.05, 0) is 47.5 Å². The van der Waals surface area contributed by atoms with Gasteiger partial charge in [-0.3, -0.25) is 4.98 Å². The first-order valence-corrected chi connectivity index (χ1v) is 11.4. The minimum Gasteiger partial charge on any atom is -0.305 e. The molecule has 0 unspecified atom stereocenters. The van der Waals surface area contributed by atoms with Crippen LogP contribution in [0.25, 0.3) is 33.6 Å². The second-order valence-electron chi connectivity index (χ2n) is 8.82. The van der Waals surface area contributed by atoms with Gasteiger partial charge in [-0.2, -0.15) is 0 Å². The van der Waals surface area contributed by atoms with Crippen LogP contribution in [-0.4, -0.2) is 15.0 Å². The van der Waals surface area contributed by atoms with Crippen LogP contribution in [0, 0.1) is 19.1 Å². The standard InChI is InChI=1S/C20H17N2.C11H8N.Ir/c1-13-10-11-15-14-7-6-8-16(17-9-4-5-12-21-17)18(14)20(2,3)19(15)22-13;1-2-6-10(7-3-1)11-8-4-5-9-12-11;/h4-7,9-12H,1-3H3;1-6,8-9H;/q2*-1;. The van der Waals surface area contributed by atoms with E-state index in [1.807, 2.05) is 79.9 Å². The van der Waals surface area contributed by atoms with Crippen molar-refractivity contribution in [2.24, 2.45) is 0 Å². The summed E-state index contributed by atoms with van der Waals surface area (Å²) in [5.41, 5.74) is 9.90. The van der Waals surface area contributed by atoms with Crippen LogP contribution >= 0.6 is 0 Å². The molecule has 1 aliphatic carbocycles. The molecule has 0 amide bonds. The molecule has 5 aromatic rings. The van der Waals surface area contributed by atoms with Gasteiger partial charge in [0, 0.05) is 43.9 Å². The zero-order valence-corrected chi connectivity index (χ0v) is 22.3. The summed E-state index contributed by atoms with van der Waals surface area (Å²) in [7, 11) is 0. The molecule has 3 heterocycles. The molecule has 175 valence electrons. The SMILES string of the molecule is Cc1ccc2c(n1)C(C)(C)c1c(-c3ccccn3)[c-]ccc1-2.[Ir].[c-]1ccccc1-c1ccccn1. The summed E-state index contributed by atoms with van der Waals surface area (Å²) in [5.74, 6) is 0. The van der Waals surface area contributed by atoms with E-state index in [9.17, 15) is 0 Å². The van der Waals surface area contributed by atoms with Crippen molar-refractivity contribution >= 4 is 0 Å². The Balaban J connectivity index is 0.000000189. The Labute approximate surface area is 220 Å². The van der Waals surface area contributed by atoms with Gasteiger partial charge >= 0.3 is 0 Å². The maximum atomic E-state index is 4.82. The van der Waals surface area contributed by atoms with E-state index in [1.54, 1.807) is 6.20 Å². The van der Waals surface area contributed by atoms with Crippen molar-refractivity contribution in [2.75, 3.05) is 0 Å². The summed E-state index contributed by atoms with van der Waals surface area (Å²) in [5, 5.41) is 0. The zero-order chi connectivity index (χ0) is 23.5. The molecule has 1 radical (unpaired) electrons. The number of benzene rings is 2. The van der Waals surface area contributed by atoms with E-state index in [0.717, 1.165) is 33.9 Å². The summed E-state index contributed by atoms with van der Waals surface area (Å²) in [6.45, 7) is 6.53. The van der Waals surface area contributed by atoms with Crippen molar-refractivity contribution in [3.8, 4) is 33.6 Å². The molecule has 0 saturated carbocycles. The van der Waals surface area contributed by atoms with Gasteiger partial charge in [0.1, 0.15) is 0 Å². The number of fused-ring (bicyclic) bond motifs is 3. The maximum Gasteiger partial charge on any atom is 0.0481 e. The minimum atomic E-state index is -0.138. The fourth-order valence-electron chi connectivity index (χ4n) is 4.53. The van der Waals surface area contributed by atoms with Crippen molar-refractivity contribution in [2.45, 2.75) is 26.2 Å². The Bertz CT molecular complexity index is 1380. The smallest absolute Gasteiger partial charge is 0.0481 e. The number of pyridine rings is 3. The molecular formula is C31H25IrN3-2. The van der Waals surface area contributed by atoms with Crippen LogP contribution in [0.3, 0.4) is 0 Å². The molecule has 3 nitrogen and oxygen atoms in total. The fraction of sp³-hybridized carbons (Fsp3) is 0.129. The van der Waals surface area contributed by atoms with Gasteiger partial charge in [0.25, 0.3) is 0 Å². The van der Waals surface area contributed by atoms with Gasteiger partial charge in [0.15, 0.2) is 0 Å². The summed E-state index contributed by atoms with van der Waals surface area (Å²) < 4.78 is 0. The third-order valence-electron chi connectivity index (χ3n) is 6.11. The molecule has 0 atom stereocenters. The third-order valence-corrected chi connectivity index (χ3v) is 6.11. The van der Waals surface area contributed by atoms with E-state index < -0.39 is 0 Å². The summed E-state index contributed by atoms with van der Waals surface area (Å²) in [6.07, 6.45) is 3.62. The van der Waals surface area contributed by atoms with E-state index >= 15 is 0 Å². The fourth-order valence-corrected chi connectivity index (χ4v) is 4.53. The minimum absolute atomic E-state index is 0. The second-order valence-corrected chi connectivity index (χ2v) is 8.82. The van der Waals surface area contributed by atoms with Crippen LogP contribution < -0.4 is 0 Å². The molecule has 0 aliphatic heterocycles. The third kappa shape index (κ3) is 4.86. The quantitative estimate of drug-likeness (QED) is 0.195. The molecule has 4 heteroatoms. The maximum absolute atomic E-state index is 4.82. The molecule has 3 aromatic heterocycles. The van der Waals surface area contributed by atoms with Crippen molar-refractivity contribution in [1.29, 1.82) is 0 Å². The van der Waals surface area contributed by atoms with Crippen molar-refractivity contribution in [3.05, 3.63) is 126 Å².